The lowest BCUT2D eigenvalue weighted by atomic mass is 9.33. The van der Waals surface area contributed by atoms with E-state index < -0.39 is 22.0 Å². The van der Waals surface area contributed by atoms with E-state index in [9.17, 15) is 19.0 Å². The van der Waals surface area contributed by atoms with Gasteiger partial charge in [-0.15, -0.1) is 0 Å². The maximum atomic E-state index is 12.8. The zero-order valence-corrected chi connectivity index (χ0v) is 39.0. The van der Waals surface area contributed by atoms with Gasteiger partial charge in [0.15, 0.2) is 0 Å². The first-order valence-corrected chi connectivity index (χ1v) is 25.6. The SMILES string of the molecule is C=C(C)c1cc(OCC2(C(=O)O)CC=C(C3=CC[C@]4(C)[C@H]5CC[C@@H]6[C@H]7[C@H](C(=C)C)CC[C@]7(NCCN7CCS(O)(O)CC7)CC[C@@]6(C)[C@]5(C)CC[C@H]4C3(C)C)CC2)ns1. The minimum absolute atomic E-state index is 0.00481. The van der Waals surface area contributed by atoms with Gasteiger partial charge in [-0.25, -0.2) is 0 Å². The van der Waals surface area contributed by atoms with Crippen LogP contribution in [0.3, 0.4) is 0 Å². The van der Waals surface area contributed by atoms with Gasteiger partial charge < -0.3 is 15.2 Å². The van der Waals surface area contributed by atoms with Crippen molar-refractivity contribution in [2.24, 2.45) is 56.7 Å². The van der Waals surface area contributed by atoms with Crippen LogP contribution in [-0.2, 0) is 4.79 Å². The van der Waals surface area contributed by atoms with E-state index in [1.165, 1.54) is 79.6 Å². The fourth-order valence-corrected chi connectivity index (χ4v) is 17.2. The first kappa shape index (κ1) is 43.7. The van der Waals surface area contributed by atoms with Crippen molar-refractivity contribution in [3.63, 3.8) is 0 Å². The molecule has 10 atom stereocenters. The minimum atomic E-state index is -2.38. The van der Waals surface area contributed by atoms with Crippen LogP contribution >= 0.6 is 22.1 Å². The number of aliphatic carboxylic acids is 1. The molecule has 6 aliphatic carbocycles. The third-order valence-electron chi connectivity index (χ3n) is 18.8. The number of rotatable bonds is 11. The Balaban J connectivity index is 0.997. The van der Waals surface area contributed by atoms with Crippen LogP contribution in [0.5, 0.6) is 5.88 Å². The molecule has 1 aliphatic heterocycles. The second-order valence-electron chi connectivity index (χ2n) is 22.0. The van der Waals surface area contributed by atoms with Gasteiger partial charge in [0, 0.05) is 37.8 Å². The standard InChI is InChI=1S/C49H75N3O5S2/c1-32(2)35-14-21-49(50-24-25-52-26-28-59(55,56)29-27-52)23-22-46(8)37(42(35)49)10-11-40-45(7)17-15-36(44(5,6)39(45)16-18-47(40,46)9)34-12-19-48(20-13-34,43(53)54)31-57-41-30-38(33(3)4)58-51-41/h12,15,30,35,37,39-40,42,50,55-56H,1,3,10-11,13-14,16-29,31H2,2,4-9H3,(H,53,54)/t35-,37+,39-,40+,42+,45-,46+,47+,48?,49-/m0/s1. The van der Waals surface area contributed by atoms with Crippen LogP contribution in [0.2, 0.25) is 0 Å². The van der Waals surface area contributed by atoms with Crippen LogP contribution in [0.4, 0.5) is 0 Å². The number of ether oxygens (including phenoxy) is 1. The molecule has 2 heterocycles. The second kappa shape index (κ2) is 15.4. The summed E-state index contributed by atoms with van der Waals surface area (Å²) in [5, 5.41) is 14.8. The lowest BCUT2D eigenvalue weighted by Gasteiger charge is -2.72. The Morgan fingerprint density at radius 2 is 1.69 bits per heavy atom. The predicted molar refractivity (Wildman–Crippen MR) is 244 cm³/mol. The number of carbonyl (C=O) groups is 1. The third-order valence-corrected chi connectivity index (χ3v) is 21.4. The summed E-state index contributed by atoms with van der Waals surface area (Å²) in [6, 6.07) is 1.87. The lowest BCUT2D eigenvalue weighted by Crippen LogP contribution is -2.68. The average molecular weight is 850 g/mol. The molecule has 0 bridgehead atoms. The van der Waals surface area contributed by atoms with E-state index in [0.717, 1.165) is 49.5 Å². The molecule has 8 rings (SSSR count). The summed E-state index contributed by atoms with van der Waals surface area (Å²) in [6.07, 6.45) is 17.9. The quantitative estimate of drug-likeness (QED) is 0.163. The summed E-state index contributed by atoms with van der Waals surface area (Å²) < 4.78 is 30.8. The van der Waals surface area contributed by atoms with Crippen molar-refractivity contribution in [2.45, 2.75) is 131 Å². The predicted octanol–water partition coefficient (Wildman–Crippen LogP) is 11.3. The Morgan fingerprint density at radius 1 is 0.949 bits per heavy atom. The normalized spacial score (nSPS) is 41.9. The molecule has 4 N–H and O–H groups in total. The number of fused-ring (bicyclic) bond motifs is 7. The highest BCUT2D eigenvalue weighted by atomic mass is 32.3. The van der Waals surface area contributed by atoms with E-state index in [2.05, 4.69) is 81.4 Å². The number of hydrogen-bond donors (Lipinski definition) is 4. The van der Waals surface area contributed by atoms with Gasteiger partial charge in [-0.3, -0.25) is 18.8 Å². The van der Waals surface area contributed by atoms with Crippen molar-refractivity contribution in [3.8, 4) is 5.88 Å². The molecular formula is C49H75N3O5S2. The molecule has 4 saturated carbocycles. The smallest absolute Gasteiger partial charge is 0.313 e. The number of aromatic nitrogens is 1. The average Bonchev–Trinajstić information content (AvgIpc) is 3.81. The Hall–Kier alpha value is -1.95. The fourth-order valence-electron chi connectivity index (χ4n) is 15.3. The van der Waals surface area contributed by atoms with Crippen LogP contribution in [0.1, 0.15) is 130 Å². The Kier molecular flexibility index (Phi) is 11.4. The number of carboxylic acid groups (broad SMARTS) is 1. The van der Waals surface area contributed by atoms with E-state index >= 15 is 0 Å². The molecule has 7 aliphatic rings. The topological polar surface area (TPSA) is 115 Å². The van der Waals surface area contributed by atoms with Gasteiger partial charge in [0.25, 0.3) is 0 Å². The Bertz CT molecular complexity index is 1890. The number of nitrogens with one attached hydrogen (secondary N) is 1. The monoisotopic (exact) mass is 850 g/mol. The summed E-state index contributed by atoms with van der Waals surface area (Å²) in [5.41, 5.74) is 5.09. The summed E-state index contributed by atoms with van der Waals surface area (Å²) in [7, 11) is -2.38. The minimum Gasteiger partial charge on any atom is -0.481 e. The Labute approximate surface area is 361 Å². The van der Waals surface area contributed by atoms with Gasteiger partial charge in [-0.1, -0.05) is 65.5 Å². The van der Waals surface area contributed by atoms with Gasteiger partial charge >= 0.3 is 5.97 Å². The molecule has 0 amide bonds. The first-order chi connectivity index (χ1) is 27.7. The first-order valence-electron chi connectivity index (χ1n) is 23.0. The molecule has 5 fully saturated rings. The zero-order valence-electron chi connectivity index (χ0n) is 37.3. The molecule has 1 saturated heterocycles. The molecule has 0 aromatic carbocycles. The molecule has 1 unspecified atom stereocenters. The van der Waals surface area contributed by atoms with Crippen molar-refractivity contribution in [1.82, 2.24) is 14.6 Å². The van der Waals surface area contributed by atoms with E-state index in [4.69, 9.17) is 4.74 Å². The number of nitrogens with zero attached hydrogens (tertiary/aromatic N) is 2. The van der Waals surface area contributed by atoms with Gasteiger partial charge in [0.1, 0.15) is 12.0 Å². The van der Waals surface area contributed by atoms with Gasteiger partial charge in [-0.05, 0) is 170 Å². The van der Waals surface area contributed by atoms with Crippen molar-refractivity contribution in [1.29, 1.82) is 0 Å². The zero-order chi connectivity index (χ0) is 42.4. The van der Waals surface area contributed by atoms with Crippen LogP contribution in [0.15, 0.2) is 48.1 Å². The van der Waals surface area contributed by atoms with E-state index in [-0.39, 0.29) is 33.8 Å². The number of carboxylic acids is 1. The van der Waals surface area contributed by atoms with Gasteiger partial charge in [-0.2, -0.15) is 15.0 Å². The van der Waals surface area contributed by atoms with E-state index in [1.807, 2.05) is 13.0 Å². The summed E-state index contributed by atoms with van der Waals surface area (Å²) in [4.78, 5) is 16.2. The molecule has 10 heteroatoms. The van der Waals surface area contributed by atoms with Crippen molar-refractivity contribution in [3.05, 3.63) is 53.0 Å². The molecule has 328 valence electrons. The van der Waals surface area contributed by atoms with Crippen LogP contribution in [-0.4, -0.2) is 79.3 Å². The summed E-state index contributed by atoms with van der Waals surface area (Å²) >= 11 is 1.34. The van der Waals surface area contributed by atoms with E-state index in [1.54, 1.807) is 0 Å². The van der Waals surface area contributed by atoms with Gasteiger partial charge in [0.2, 0.25) is 5.88 Å². The largest absolute Gasteiger partial charge is 0.481 e. The highest BCUT2D eigenvalue weighted by Gasteiger charge is 2.70. The molecule has 1 aromatic rings. The molecule has 1 aromatic heterocycles. The third kappa shape index (κ3) is 7.18. The van der Waals surface area contributed by atoms with Crippen molar-refractivity contribution < 1.29 is 23.7 Å². The molecular weight excluding hydrogens is 775 g/mol. The van der Waals surface area contributed by atoms with Gasteiger partial charge in [0.05, 0.1) is 16.4 Å². The van der Waals surface area contributed by atoms with Crippen molar-refractivity contribution >= 4 is 33.7 Å². The number of allylic oxidation sites excluding steroid dienone is 6. The lowest BCUT2D eigenvalue weighted by molar-refractivity contribution is -0.221. The van der Waals surface area contributed by atoms with Crippen LogP contribution in [0, 0.1) is 56.7 Å². The van der Waals surface area contributed by atoms with Crippen LogP contribution < -0.4 is 10.1 Å². The summed E-state index contributed by atoms with van der Waals surface area (Å²) in [5.74, 6) is 3.83. The highest BCUT2D eigenvalue weighted by Crippen LogP contribution is 2.76. The number of hydrogen-bond acceptors (Lipinski definition) is 8. The molecule has 0 radical (unpaired) electrons. The van der Waals surface area contributed by atoms with Crippen molar-refractivity contribution in [2.75, 3.05) is 44.3 Å². The fraction of sp³-hybridized carbons (Fsp3) is 0.755. The van der Waals surface area contributed by atoms with E-state index in [0.29, 0.717) is 59.8 Å². The Morgan fingerprint density at radius 3 is 2.34 bits per heavy atom. The second-order valence-corrected chi connectivity index (χ2v) is 25.2. The maximum absolute atomic E-state index is 12.8. The van der Waals surface area contributed by atoms with Crippen LogP contribution in [0.25, 0.3) is 5.57 Å². The molecule has 0 spiro atoms. The summed E-state index contributed by atoms with van der Waals surface area (Å²) in [6.45, 7) is 29.6. The highest BCUT2D eigenvalue weighted by molar-refractivity contribution is 8.24. The molecule has 8 nitrogen and oxygen atoms in total. The molecule has 59 heavy (non-hydrogen) atoms. The maximum Gasteiger partial charge on any atom is 0.313 e.